The van der Waals surface area contributed by atoms with Crippen LogP contribution in [0.1, 0.15) is 0 Å². The van der Waals surface area contributed by atoms with Crippen LogP contribution in [-0.2, 0) is 0 Å². The van der Waals surface area contributed by atoms with Gasteiger partial charge in [-0.05, 0) is 99.1 Å². The van der Waals surface area contributed by atoms with E-state index in [1.54, 1.807) is 0 Å². The Morgan fingerprint density at radius 3 is 1.09 bits per heavy atom. The molecule has 0 aliphatic carbocycles. The third-order valence-electron chi connectivity index (χ3n) is 11.3. The summed E-state index contributed by atoms with van der Waals surface area (Å²) in [5, 5.41) is 5.00. The minimum absolute atomic E-state index is 1.14. The van der Waals surface area contributed by atoms with Gasteiger partial charge in [0.25, 0.3) is 0 Å². The molecule has 0 unspecified atom stereocenters. The molecule has 0 aliphatic heterocycles. The smallest absolute Gasteiger partial charge is 0.0547 e. The van der Waals surface area contributed by atoms with E-state index >= 15 is 0 Å². The van der Waals surface area contributed by atoms with Gasteiger partial charge in [-0.1, -0.05) is 164 Å². The van der Waals surface area contributed by atoms with E-state index < -0.39 is 0 Å². The molecule has 0 amide bonds. The molecule has 9 aromatic carbocycles. The summed E-state index contributed by atoms with van der Waals surface area (Å²) >= 11 is 0. The standard InChI is InChI=1S/C54H36N2/c1-4-16-37(17-5-1)40-30-32-43(33-31-40)55-49-26-12-10-22-47(49)53-45(24-14-28-51(53)55)46-25-15-29-52-54(46)48-23-11-13-27-50(48)56(52)44-35-41(38-18-6-2-7-19-38)34-42(36-44)39-20-8-3-9-21-39/h1-36H. The van der Waals surface area contributed by atoms with Crippen molar-refractivity contribution in [1.82, 2.24) is 9.13 Å². The van der Waals surface area contributed by atoms with Gasteiger partial charge in [-0.25, -0.2) is 0 Å². The van der Waals surface area contributed by atoms with Crippen molar-refractivity contribution < 1.29 is 0 Å². The second kappa shape index (κ2) is 13.2. The van der Waals surface area contributed by atoms with Crippen molar-refractivity contribution in [3.8, 4) is 55.9 Å². The predicted molar refractivity (Wildman–Crippen MR) is 237 cm³/mol. The first-order chi connectivity index (χ1) is 27.8. The van der Waals surface area contributed by atoms with Crippen molar-refractivity contribution in [2.24, 2.45) is 0 Å². The van der Waals surface area contributed by atoms with Gasteiger partial charge in [0, 0.05) is 32.9 Å². The van der Waals surface area contributed by atoms with Crippen LogP contribution in [0, 0.1) is 0 Å². The van der Waals surface area contributed by atoms with Gasteiger partial charge in [0.05, 0.1) is 22.1 Å². The topological polar surface area (TPSA) is 9.86 Å². The van der Waals surface area contributed by atoms with E-state index in [2.05, 4.69) is 228 Å². The van der Waals surface area contributed by atoms with Gasteiger partial charge in [0.2, 0.25) is 0 Å². The number of aromatic nitrogens is 2. The molecule has 262 valence electrons. The Kier molecular flexibility index (Phi) is 7.53. The van der Waals surface area contributed by atoms with Crippen molar-refractivity contribution in [3.63, 3.8) is 0 Å². The number of hydrogen-bond donors (Lipinski definition) is 0. The lowest BCUT2D eigenvalue weighted by atomic mass is 9.95. The normalized spacial score (nSPS) is 11.6. The minimum Gasteiger partial charge on any atom is -0.309 e. The number of para-hydroxylation sites is 2. The van der Waals surface area contributed by atoms with E-state index in [1.807, 2.05) is 0 Å². The van der Waals surface area contributed by atoms with Crippen LogP contribution >= 0.6 is 0 Å². The van der Waals surface area contributed by atoms with Gasteiger partial charge < -0.3 is 9.13 Å². The highest BCUT2D eigenvalue weighted by molar-refractivity contribution is 6.22. The van der Waals surface area contributed by atoms with Crippen LogP contribution in [0.15, 0.2) is 218 Å². The van der Waals surface area contributed by atoms with Crippen LogP contribution in [0.4, 0.5) is 0 Å². The highest BCUT2D eigenvalue weighted by Gasteiger charge is 2.21. The first-order valence-corrected chi connectivity index (χ1v) is 19.3. The third kappa shape index (κ3) is 5.19. The van der Waals surface area contributed by atoms with Gasteiger partial charge in [0.15, 0.2) is 0 Å². The van der Waals surface area contributed by atoms with Gasteiger partial charge in [-0.15, -0.1) is 0 Å². The van der Waals surface area contributed by atoms with Crippen molar-refractivity contribution in [2.75, 3.05) is 0 Å². The molecule has 0 aliphatic rings. The molecular formula is C54H36N2. The quantitative estimate of drug-likeness (QED) is 0.162. The molecule has 0 spiro atoms. The molecule has 0 saturated heterocycles. The molecule has 0 saturated carbocycles. The zero-order valence-electron chi connectivity index (χ0n) is 30.7. The molecule has 2 aromatic heterocycles. The van der Waals surface area contributed by atoms with Gasteiger partial charge in [0.1, 0.15) is 0 Å². The summed E-state index contributed by atoms with van der Waals surface area (Å²) in [7, 11) is 0. The maximum Gasteiger partial charge on any atom is 0.0547 e. The summed E-state index contributed by atoms with van der Waals surface area (Å²) in [5.41, 5.74) is 16.7. The monoisotopic (exact) mass is 712 g/mol. The molecular weight excluding hydrogens is 677 g/mol. The Morgan fingerprint density at radius 1 is 0.232 bits per heavy atom. The fourth-order valence-corrected chi connectivity index (χ4v) is 8.81. The molecule has 11 aromatic rings. The summed E-state index contributed by atoms with van der Waals surface area (Å²) in [6.45, 7) is 0. The number of hydrogen-bond acceptors (Lipinski definition) is 0. The van der Waals surface area contributed by atoms with E-state index in [-0.39, 0.29) is 0 Å². The Balaban J connectivity index is 1.15. The molecule has 2 nitrogen and oxygen atoms in total. The van der Waals surface area contributed by atoms with Crippen LogP contribution in [0.5, 0.6) is 0 Å². The zero-order chi connectivity index (χ0) is 37.0. The van der Waals surface area contributed by atoms with Crippen LogP contribution in [0.2, 0.25) is 0 Å². The summed E-state index contributed by atoms with van der Waals surface area (Å²) in [5.74, 6) is 0. The molecule has 0 fully saturated rings. The van der Waals surface area contributed by atoms with Gasteiger partial charge in [-0.3, -0.25) is 0 Å². The van der Waals surface area contributed by atoms with Crippen molar-refractivity contribution in [1.29, 1.82) is 0 Å². The fraction of sp³-hybridized carbons (Fsp3) is 0. The summed E-state index contributed by atoms with van der Waals surface area (Å²) < 4.78 is 4.89. The van der Waals surface area contributed by atoms with Crippen LogP contribution < -0.4 is 0 Å². The van der Waals surface area contributed by atoms with Crippen LogP contribution in [-0.4, -0.2) is 9.13 Å². The lowest BCUT2D eigenvalue weighted by molar-refractivity contribution is 1.18. The molecule has 0 bridgehead atoms. The lowest BCUT2D eigenvalue weighted by Crippen LogP contribution is -1.96. The molecule has 2 heteroatoms. The highest BCUT2D eigenvalue weighted by atomic mass is 15.0. The average molecular weight is 713 g/mol. The van der Waals surface area contributed by atoms with Gasteiger partial charge in [-0.2, -0.15) is 0 Å². The van der Waals surface area contributed by atoms with E-state index in [1.165, 1.54) is 88.1 Å². The van der Waals surface area contributed by atoms with Gasteiger partial charge >= 0.3 is 0 Å². The Bertz CT molecular complexity index is 3150. The summed E-state index contributed by atoms with van der Waals surface area (Å²) in [6.07, 6.45) is 0. The largest absolute Gasteiger partial charge is 0.309 e. The predicted octanol–water partition coefficient (Wildman–Crippen LogP) is 14.5. The lowest BCUT2D eigenvalue weighted by Gasteiger charge is -2.14. The van der Waals surface area contributed by atoms with Crippen LogP contribution in [0.3, 0.4) is 0 Å². The zero-order valence-corrected chi connectivity index (χ0v) is 30.7. The average Bonchev–Trinajstić information content (AvgIpc) is 3.81. The van der Waals surface area contributed by atoms with E-state index in [0.29, 0.717) is 0 Å². The number of nitrogens with zero attached hydrogens (tertiary/aromatic N) is 2. The fourth-order valence-electron chi connectivity index (χ4n) is 8.81. The SMILES string of the molecule is c1ccc(-c2ccc(-n3c4ccccc4c4c(-c5cccc6c5c5ccccc5n6-c5cc(-c6ccccc6)cc(-c6ccccc6)c5)cccc43)cc2)cc1. The molecule has 2 heterocycles. The van der Waals surface area contributed by atoms with Crippen molar-refractivity contribution in [2.45, 2.75) is 0 Å². The maximum atomic E-state index is 2.46. The van der Waals surface area contributed by atoms with Crippen LogP contribution in [0.25, 0.3) is 99.5 Å². The third-order valence-corrected chi connectivity index (χ3v) is 11.3. The second-order valence-corrected chi connectivity index (χ2v) is 14.5. The summed E-state index contributed by atoms with van der Waals surface area (Å²) in [6, 6.07) is 79.4. The minimum atomic E-state index is 1.14. The van der Waals surface area contributed by atoms with E-state index in [4.69, 9.17) is 0 Å². The highest BCUT2D eigenvalue weighted by Crippen LogP contribution is 2.44. The summed E-state index contributed by atoms with van der Waals surface area (Å²) in [4.78, 5) is 0. The molecule has 11 rings (SSSR count). The molecule has 0 radical (unpaired) electrons. The van der Waals surface area contributed by atoms with E-state index in [0.717, 1.165) is 11.4 Å². The first kappa shape index (κ1) is 32.0. The second-order valence-electron chi connectivity index (χ2n) is 14.5. The number of benzene rings is 9. The first-order valence-electron chi connectivity index (χ1n) is 19.3. The van der Waals surface area contributed by atoms with Crippen molar-refractivity contribution >= 4 is 43.6 Å². The number of rotatable bonds is 6. The van der Waals surface area contributed by atoms with Crippen molar-refractivity contribution in [3.05, 3.63) is 218 Å². The maximum absolute atomic E-state index is 2.46. The Hall–Kier alpha value is -7.42. The Morgan fingerprint density at radius 2 is 0.607 bits per heavy atom. The molecule has 0 N–H and O–H groups in total. The molecule has 0 atom stereocenters. The van der Waals surface area contributed by atoms with E-state index in [9.17, 15) is 0 Å². The molecule has 56 heavy (non-hydrogen) atoms. The number of fused-ring (bicyclic) bond motifs is 6. The Labute approximate surface area is 325 Å².